The van der Waals surface area contributed by atoms with Gasteiger partial charge in [-0.25, -0.2) is 15.0 Å². The Morgan fingerprint density at radius 3 is 1.88 bits per heavy atom. The van der Waals surface area contributed by atoms with Gasteiger partial charge in [-0.3, -0.25) is 10.2 Å². The van der Waals surface area contributed by atoms with E-state index in [-0.39, 0.29) is 0 Å². The smallest absolute Gasteiger partial charge is 0.426 e. The lowest BCUT2D eigenvalue weighted by Gasteiger charge is -2.24. The van der Waals surface area contributed by atoms with E-state index in [1.807, 2.05) is 6.26 Å². The molecule has 1 atom stereocenters. The molecule has 0 radical (unpaired) electrons. The van der Waals surface area contributed by atoms with Gasteiger partial charge in [-0.2, -0.15) is 11.8 Å². The minimum Gasteiger partial charge on any atom is -0.444 e. The minimum atomic E-state index is -0.831. The average molecular weight is 363 g/mol. The standard InChI is InChI=1S/C15H29N3O5S/c1-14(2,3)22-12(20)16-10(8-9-24-7)11(19)17-18-13(21)23-15(4,5)6/h10H,8-9H2,1-7H3,(H,16,20)(H,17,19)(H,18,21)/t10-/m0/s1. The summed E-state index contributed by atoms with van der Waals surface area (Å²) in [6.45, 7) is 10.3. The summed E-state index contributed by atoms with van der Waals surface area (Å²) in [5, 5.41) is 2.50. The Morgan fingerprint density at radius 2 is 1.42 bits per heavy atom. The van der Waals surface area contributed by atoms with Crippen molar-refractivity contribution in [3.63, 3.8) is 0 Å². The molecule has 0 rings (SSSR count). The predicted octanol–water partition coefficient (Wildman–Crippen LogP) is 2.19. The van der Waals surface area contributed by atoms with Crippen LogP contribution in [0.2, 0.25) is 0 Å². The van der Waals surface area contributed by atoms with Crippen LogP contribution in [0.3, 0.4) is 0 Å². The number of amides is 3. The van der Waals surface area contributed by atoms with Crippen LogP contribution in [0.4, 0.5) is 9.59 Å². The summed E-state index contributed by atoms with van der Waals surface area (Å²) < 4.78 is 10.2. The van der Waals surface area contributed by atoms with E-state index in [9.17, 15) is 14.4 Å². The summed E-state index contributed by atoms with van der Waals surface area (Å²) in [5.41, 5.74) is 3.05. The molecule has 0 aliphatic carbocycles. The third kappa shape index (κ3) is 11.9. The molecular weight excluding hydrogens is 334 g/mol. The van der Waals surface area contributed by atoms with Crippen LogP contribution in [0.1, 0.15) is 48.0 Å². The Hall–Kier alpha value is -1.64. The highest BCUT2D eigenvalue weighted by Crippen LogP contribution is 2.08. The second kappa shape index (κ2) is 9.61. The van der Waals surface area contributed by atoms with E-state index in [2.05, 4.69) is 16.2 Å². The molecule has 0 saturated heterocycles. The first-order valence-corrected chi connectivity index (χ1v) is 9.01. The minimum absolute atomic E-state index is 0.391. The Balaban J connectivity index is 4.60. The maximum atomic E-state index is 12.2. The first-order chi connectivity index (χ1) is 10.8. The molecule has 0 aromatic carbocycles. The fourth-order valence-electron chi connectivity index (χ4n) is 1.46. The fraction of sp³-hybridized carbons (Fsp3) is 0.800. The van der Waals surface area contributed by atoms with Crippen molar-refractivity contribution in [2.24, 2.45) is 0 Å². The van der Waals surface area contributed by atoms with E-state index < -0.39 is 35.3 Å². The number of carbonyl (C=O) groups is 3. The highest BCUT2D eigenvalue weighted by atomic mass is 32.2. The summed E-state index contributed by atoms with van der Waals surface area (Å²) in [5.74, 6) is 0.0983. The van der Waals surface area contributed by atoms with E-state index in [0.717, 1.165) is 0 Å². The molecule has 0 unspecified atom stereocenters. The van der Waals surface area contributed by atoms with E-state index in [1.54, 1.807) is 41.5 Å². The summed E-state index contributed by atoms with van der Waals surface area (Å²) in [7, 11) is 0. The van der Waals surface area contributed by atoms with Crippen LogP contribution in [0.15, 0.2) is 0 Å². The van der Waals surface area contributed by atoms with Crippen molar-refractivity contribution in [3.05, 3.63) is 0 Å². The van der Waals surface area contributed by atoms with Crippen LogP contribution in [-0.2, 0) is 14.3 Å². The van der Waals surface area contributed by atoms with Gasteiger partial charge in [-0.1, -0.05) is 0 Å². The van der Waals surface area contributed by atoms with Crippen LogP contribution >= 0.6 is 11.8 Å². The van der Waals surface area contributed by atoms with Crippen LogP contribution < -0.4 is 16.2 Å². The lowest BCUT2D eigenvalue weighted by molar-refractivity contribution is -0.124. The highest BCUT2D eigenvalue weighted by molar-refractivity contribution is 7.98. The van der Waals surface area contributed by atoms with Crippen molar-refractivity contribution < 1.29 is 23.9 Å². The van der Waals surface area contributed by atoms with Crippen molar-refractivity contribution in [2.45, 2.75) is 65.2 Å². The molecule has 0 saturated carbocycles. The second-order valence-electron chi connectivity index (χ2n) is 7.10. The van der Waals surface area contributed by atoms with Gasteiger partial charge in [0, 0.05) is 0 Å². The third-order valence-electron chi connectivity index (χ3n) is 2.30. The molecule has 0 aliphatic heterocycles. The lowest BCUT2D eigenvalue weighted by Crippen LogP contribution is -2.53. The van der Waals surface area contributed by atoms with Gasteiger partial charge < -0.3 is 14.8 Å². The van der Waals surface area contributed by atoms with Crippen molar-refractivity contribution >= 4 is 29.9 Å². The Kier molecular flexibility index (Phi) is 8.95. The number of alkyl carbamates (subject to hydrolysis) is 1. The zero-order valence-electron chi connectivity index (χ0n) is 15.4. The van der Waals surface area contributed by atoms with E-state index in [0.29, 0.717) is 12.2 Å². The molecule has 0 fully saturated rings. The SMILES string of the molecule is CSCC[C@H](NC(=O)OC(C)(C)C)C(=O)NNC(=O)OC(C)(C)C. The molecule has 8 nitrogen and oxygen atoms in total. The molecule has 140 valence electrons. The number of hydrogen-bond donors (Lipinski definition) is 3. The summed E-state index contributed by atoms with van der Waals surface area (Å²) in [6, 6.07) is -0.831. The number of rotatable bonds is 5. The largest absolute Gasteiger partial charge is 0.444 e. The van der Waals surface area contributed by atoms with Crippen LogP contribution in [0.25, 0.3) is 0 Å². The molecule has 0 aliphatic rings. The van der Waals surface area contributed by atoms with Gasteiger partial charge >= 0.3 is 12.2 Å². The number of hydrazine groups is 1. The van der Waals surface area contributed by atoms with E-state index >= 15 is 0 Å². The van der Waals surface area contributed by atoms with Crippen molar-refractivity contribution in [3.8, 4) is 0 Å². The molecule has 24 heavy (non-hydrogen) atoms. The lowest BCUT2D eigenvalue weighted by atomic mass is 10.2. The van der Waals surface area contributed by atoms with Gasteiger partial charge in [0.05, 0.1) is 0 Å². The molecular formula is C15H29N3O5S. The van der Waals surface area contributed by atoms with E-state index in [4.69, 9.17) is 9.47 Å². The molecule has 0 aromatic heterocycles. The van der Waals surface area contributed by atoms with Crippen molar-refractivity contribution in [1.29, 1.82) is 0 Å². The van der Waals surface area contributed by atoms with Gasteiger partial charge in [-0.05, 0) is 60.0 Å². The molecule has 0 spiro atoms. The third-order valence-corrected chi connectivity index (χ3v) is 2.95. The normalized spacial score (nSPS) is 12.8. The average Bonchev–Trinajstić information content (AvgIpc) is 2.36. The molecule has 3 N–H and O–H groups in total. The molecule has 0 bridgehead atoms. The number of carbonyl (C=O) groups excluding carboxylic acids is 3. The predicted molar refractivity (Wildman–Crippen MR) is 93.7 cm³/mol. The first kappa shape index (κ1) is 22.4. The Labute approximate surface area is 147 Å². The van der Waals surface area contributed by atoms with Gasteiger partial charge in [-0.15, -0.1) is 0 Å². The number of nitrogens with one attached hydrogen (secondary N) is 3. The maximum Gasteiger partial charge on any atom is 0.426 e. The Morgan fingerprint density at radius 1 is 0.917 bits per heavy atom. The van der Waals surface area contributed by atoms with Crippen LogP contribution in [-0.4, -0.2) is 47.3 Å². The molecule has 0 aromatic rings. The zero-order chi connectivity index (χ0) is 19.0. The molecule has 3 amide bonds. The van der Waals surface area contributed by atoms with Crippen molar-refractivity contribution in [1.82, 2.24) is 16.2 Å². The highest BCUT2D eigenvalue weighted by Gasteiger charge is 2.25. The monoisotopic (exact) mass is 363 g/mol. The van der Waals surface area contributed by atoms with Gasteiger partial charge in [0.15, 0.2) is 0 Å². The summed E-state index contributed by atoms with van der Waals surface area (Å²) in [4.78, 5) is 35.5. The van der Waals surface area contributed by atoms with Crippen LogP contribution in [0.5, 0.6) is 0 Å². The molecule has 9 heteroatoms. The van der Waals surface area contributed by atoms with Crippen LogP contribution in [0, 0.1) is 0 Å². The maximum absolute atomic E-state index is 12.2. The quantitative estimate of drug-likeness (QED) is 0.647. The van der Waals surface area contributed by atoms with Gasteiger partial charge in [0.2, 0.25) is 0 Å². The zero-order valence-corrected chi connectivity index (χ0v) is 16.3. The van der Waals surface area contributed by atoms with E-state index in [1.165, 1.54) is 11.8 Å². The van der Waals surface area contributed by atoms with Crippen molar-refractivity contribution in [2.75, 3.05) is 12.0 Å². The number of hydrogen-bond acceptors (Lipinski definition) is 6. The second-order valence-corrected chi connectivity index (χ2v) is 8.08. The number of ether oxygens (including phenoxy) is 2. The topological polar surface area (TPSA) is 106 Å². The number of thioether (sulfide) groups is 1. The first-order valence-electron chi connectivity index (χ1n) is 7.61. The molecule has 0 heterocycles. The van der Waals surface area contributed by atoms with Gasteiger partial charge in [0.1, 0.15) is 17.2 Å². The fourth-order valence-corrected chi connectivity index (χ4v) is 1.93. The summed E-state index contributed by atoms with van der Waals surface area (Å²) >= 11 is 1.54. The summed E-state index contributed by atoms with van der Waals surface area (Å²) in [6.07, 6.45) is 0.807. The Bertz CT molecular complexity index is 443. The van der Waals surface area contributed by atoms with Gasteiger partial charge in [0.25, 0.3) is 5.91 Å².